The van der Waals surface area contributed by atoms with Gasteiger partial charge in [0.1, 0.15) is 0 Å². The maximum absolute atomic E-state index is 6.12. The predicted octanol–water partition coefficient (Wildman–Crippen LogP) is 15.6. The van der Waals surface area contributed by atoms with Crippen molar-refractivity contribution < 1.29 is 25.6 Å². The molecular weight excluding hydrogens is 919 g/mol. The van der Waals surface area contributed by atoms with E-state index in [1.54, 1.807) is 10.4 Å². The molecule has 0 aliphatic rings. The SMILES string of the molecule is Cc1cc2c(-c3ccc4c(c3)c3ccccc3n4C)cccc2[c-]1[Si](C)(CCCCCCOC(C)(C)C)[c-]1c(C)cc2c(-c3ccc4c(c3)c3ccccc3n4C)cccc21.[Cl][Zr+2][Cl]. The summed E-state index contributed by atoms with van der Waals surface area (Å²) in [6.07, 6.45) is 4.74. The Morgan fingerprint density at radius 1 is 0.531 bits per heavy atom. The molecule has 8 aromatic carbocycles. The summed E-state index contributed by atoms with van der Waals surface area (Å²) in [5.74, 6) is 0. The molecule has 0 saturated carbocycles. The molecule has 2 heterocycles. The van der Waals surface area contributed by atoms with Gasteiger partial charge in [-0.15, -0.1) is 67.3 Å². The van der Waals surface area contributed by atoms with E-state index in [9.17, 15) is 0 Å². The minimum absolute atomic E-state index is 0.0861. The van der Waals surface area contributed by atoms with Gasteiger partial charge >= 0.3 is 37.9 Å². The van der Waals surface area contributed by atoms with Crippen LogP contribution in [-0.2, 0) is 39.7 Å². The van der Waals surface area contributed by atoms with Gasteiger partial charge in [0, 0.05) is 72.4 Å². The van der Waals surface area contributed by atoms with Crippen LogP contribution in [0.15, 0.2) is 133 Å². The fourth-order valence-corrected chi connectivity index (χ4v) is 16.4. The van der Waals surface area contributed by atoms with E-state index < -0.39 is 28.9 Å². The molecule has 0 radical (unpaired) electrons. The molecule has 7 heteroatoms. The molecule has 10 rings (SSSR count). The normalized spacial score (nSPS) is 12.3. The zero-order valence-corrected chi connectivity index (χ0v) is 43.5. The Hall–Kier alpha value is -4.22. The fourth-order valence-electron chi connectivity index (χ4n) is 11.2. The monoisotopic (exact) mass is 974 g/mol. The average molecular weight is 977 g/mol. The van der Waals surface area contributed by atoms with E-state index in [0.29, 0.717) is 0 Å². The van der Waals surface area contributed by atoms with Gasteiger partial charge in [-0.1, -0.05) is 117 Å². The summed E-state index contributed by atoms with van der Waals surface area (Å²) in [7, 11) is 11.9. The zero-order valence-electron chi connectivity index (χ0n) is 38.5. The van der Waals surface area contributed by atoms with Crippen molar-refractivity contribution in [2.75, 3.05) is 6.61 Å². The molecule has 324 valence electrons. The van der Waals surface area contributed by atoms with Gasteiger partial charge in [0.2, 0.25) is 0 Å². The molecule has 64 heavy (non-hydrogen) atoms. The fraction of sp³-hybridized carbons (Fsp3) is 0.263. The number of aromatic nitrogens is 2. The van der Waals surface area contributed by atoms with Gasteiger partial charge in [-0.05, 0) is 74.7 Å². The van der Waals surface area contributed by atoms with Gasteiger partial charge in [0.15, 0.2) is 0 Å². The van der Waals surface area contributed by atoms with Crippen molar-refractivity contribution in [3.05, 3.63) is 145 Å². The van der Waals surface area contributed by atoms with Gasteiger partial charge in [0.25, 0.3) is 0 Å². The number of aryl methyl sites for hydroxylation is 4. The summed E-state index contributed by atoms with van der Waals surface area (Å²) in [6.45, 7) is 14.8. The Morgan fingerprint density at radius 3 is 1.44 bits per heavy atom. The standard InChI is InChI=1S/C57H58N2OSi.2ClH.Zr/c1-37-33-47-41(39-27-29-53-49(35-39)43-19-11-13-25-51(43)58(53)6)21-17-23-45(47)55(37)61(8,32-16-10-9-15-31-60-57(3,4)5)56-38(2)34-48-42(22-18-24-46(48)56)40-28-30-54-50(36-40)44-20-12-14-26-52(44)59(54)7;;;/h11-14,17-30,33-36H,9-10,15-16,31-32H2,1-8H3;2*1H;/q-2;;;+4/p-2. The third-order valence-electron chi connectivity index (χ3n) is 13.9. The topological polar surface area (TPSA) is 19.1 Å². The van der Waals surface area contributed by atoms with Crippen molar-refractivity contribution in [3.63, 3.8) is 0 Å². The summed E-state index contributed by atoms with van der Waals surface area (Å²) in [4.78, 5) is 0. The summed E-state index contributed by atoms with van der Waals surface area (Å²) in [5.41, 5.74) is 13.1. The van der Waals surface area contributed by atoms with E-state index in [1.807, 2.05) is 0 Å². The van der Waals surface area contributed by atoms with Gasteiger partial charge in [-0.3, -0.25) is 0 Å². The van der Waals surface area contributed by atoms with E-state index in [-0.39, 0.29) is 5.60 Å². The molecule has 0 spiro atoms. The van der Waals surface area contributed by atoms with Crippen LogP contribution in [0.4, 0.5) is 0 Å². The predicted molar refractivity (Wildman–Crippen MR) is 279 cm³/mol. The van der Waals surface area contributed by atoms with Crippen molar-refractivity contribution >= 4 is 101 Å². The zero-order chi connectivity index (χ0) is 44.9. The first-order chi connectivity index (χ1) is 30.8. The average Bonchev–Trinajstić information content (AvgIpc) is 3.99. The number of unbranched alkanes of at least 4 members (excludes halogenated alkanes) is 3. The third-order valence-corrected chi connectivity index (χ3v) is 18.8. The van der Waals surface area contributed by atoms with Crippen molar-refractivity contribution in [2.24, 2.45) is 14.1 Å². The second-order valence-electron chi connectivity index (χ2n) is 19.1. The number of hydrogen-bond acceptors (Lipinski definition) is 1. The van der Waals surface area contributed by atoms with E-state index in [0.717, 1.165) is 13.0 Å². The minimum atomic E-state index is -2.35. The van der Waals surface area contributed by atoms with Crippen molar-refractivity contribution in [1.82, 2.24) is 9.13 Å². The Kier molecular flexibility index (Phi) is 12.8. The number of hydrogen-bond donors (Lipinski definition) is 0. The molecule has 3 nitrogen and oxygen atoms in total. The molecule has 0 atom stereocenters. The first kappa shape index (κ1) is 45.0. The third kappa shape index (κ3) is 8.09. The number of rotatable bonds is 11. The van der Waals surface area contributed by atoms with Crippen molar-refractivity contribution in [1.29, 1.82) is 0 Å². The maximum atomic E-state index is 6.12. The number of halogens is 2. The number of fused-ring (bicyclic) bond motifs is 8. The molecule has 0 unspecified atom stereocenters. The summed E-state index contributed by atoms with van der Waals surface area (Å²) in [5, 5.41) is 14.1. The molecule has 0 saturated heterocycles. The van der Waals surface area contributed by atoms with Crippen LogP contribution in [0.2, 0.25) is 12.6 Å². The van der Waals surface area contributed by atoms with Gasteiger partial charge in [-0.25, -0.2) is 0 Å². The number of para-hydroxylation sites is 2. The first-order valence-electron chi connectivity index (χ1n) is 22.8. The van der Waals surface area contributed by atoms with E-state index in [1.165, 1.54) is 124 Å². The Labute approximate surface area is 398 Å². The van der Waals surface area contributed by atoms with Gasteiger partial charge < -0.3 is 13.9 Å². The van der Waals surface area contributed by atoms with E-state index >= 15 is 0 Å². The van der Waals surface area contributed by atoms with E-state index in [2.05, 4.69) is 198 Å². The molecule has 0 amide bonds. The van der Waals surface area contributed by atoms with Crippen LogP contribution in [0, 0.1) is 13.8 Å². The Morgan fingerprint density at radius 2 is 0.969 bits per heavy atom. The summed E-state index contributed by atoms with van der Waals surface area (Å²) < 4.78 is 10.8. The van der Waals surface area contributed by atoms with Crippen molar-refractivity contribution in [2.45, 2.75) is 78.5 Å². The second-order valence-corrected chi connectivity index (χ2v) is 27.0. The quantitative estimate of drug-likeness (QED) is 0.0718. The van der Waals surface area contributed by atoms with Crippen LogP contribution in [0.25, 0.3) is 87.4 Å². The van der Waals surface area contributed by atoms with Crippen LogP contribution in [-0.4, -0.2) is 29.4 Å². The van der Waals surface area contributed by atoms with Crippen LogP contribution in [0.1, 0.15) is 57.6 Å². The molecule has 0 bridgehead atoms. The molecule has 10 aromatic rings. The number of nitrogens with zero attached hydrogens (tertiary/aromatic N) is 2. The molecule has 0 aliphatic heterocycles. The van der Waals surface area contributed by atoms with Crippen LogP contribution < -0.4 is 10.4 Å². The van der Waals surface area contributed by atoms with Gasteiger partial charge in [-0.2, -0.15) is 12.1 Å². The molecule has 2 aromatic heterocycles. The molecule has 0 N–H and O–H groups in total. The Balaban J connectivity index is 0.00000168. The Bertz CT molecular complexity index is 3120. The second kappa shape index (κ2) is 18.2. The van der Waals surface area contributed by atoms with Crippen LogP contribution in [0.3, 0.4) is 0 Å². The van der Waals surface area contributed by atoms with Gasteiger partial charge in [0.05, 0.1) is 5.60 Å². The molecule has 0 fully saturated rings. The van der Waals surface area contributed by atoms with Crippen LogP contribution in [0.5, 0.6) is 0 Å². The van der Waals surface area contributed by atoms with E-state index in [4.69, 9.17) is 21.8 Å². The number of ether oxygens (including phenoxy) is 1. The van der Waals surface area contributed by atoms with Crippen LogP contribution >= 0.6 is 17.0 Å². The number of benzene rings is 6. The summed E-state index contributed by atoms with van der Waals surface area (Å²) >= 11 is -0.826. The molecular formula is C57H58Cl2N2OSiZr. The van der Waals surface area contributed by atoms with Crippen molar-refractivity contribution in [3.8, 4) is 22.3 Å². The summed E-state index contributed by atoms with van der Waals surface area (Å²) in [6, 6.07) is 52.2. The first-order valence-corrected chi connectivity index (χ1v) is 31.8. The molecule has 0 aliphatic carbocycles.